The van der Waals surface area contributed by atoms with E-state index >= 15 is 0 Å². The molecule has 1 aliphatic rings. The molecular formula is C4H4Cl3NO2. The van der Waals surface area contributed by atoms with Crippen LogP contribution in [0.4, 0.5) is 0 Å². The second-order valence-electron chi connectivity index (χ2n) is 1.87. The van der Waals surface area contributed by atoms with Gasteiger partial charge in [-0.3, -0.25) is 0 Å². The number of nitrogens with zero attached hydrogens (tertiary/aromatic N) is 1. The molecule has 0 bridgehead atoms. The Morgan fingerprint density at radius 1 is 1.60 bits per heavy atom. The van der Waals surface area contributed by atoms with Crippen LogP contribution in [0.1, 0.15) is 6.42 Å². The van der Waals surface area contributed by atoms with Crippen molar-refractivity contribution in [3.05, 3.63) is 0 Å². The molecule has 1 rings (SSSR count). The first-order valence-corrected chi connectivity index (χ1v) is 3.58. The average molecular weight is 204 g/mol. The van der Waals surface area contributed by atoms with Crippen LogP contribution in [0.5, 0.6) is 0 Å². The maximum Gasteiger partial charge on any atom is 0.287 e. The number of hydrogen-bond donors (Lipinski definition) is 1. The fraction of sp³-hybridized carbons (Fsp3) is 0.750. The van der Waals surface area contributed by atoms with E-state index in [-0.39, 0.29) is 6.42 Å². The summed E-state index contributed by atoms with van der Waals surface area (Å²) in [5, 5.41) is 12.6. The van der Waals surface area contributed by atoms with Crippen molar-refractivity contribution in [3.63, 3.8) is 0 Å². The highest BCUT2D eigenvalue weighted by Crippen LogP contribution is 2.42. The molecule has 3 nitrogen and oxygen atoms in total. The third-order valence-electron chi connectivity index (χ3n) is 1.09. The van der Waals surface area contributed by atoms with Crippen molar-refractivity contribution < 1.29 is 9.94 Å². The summed E-state index contributed by atoms with van der Waals surface area (Å²) in [6.45, 7) is 0. The molecule has 0 fully saturated rings. The molecule has 6 heteroatoms. The molecule has 0 aliphatic carbocycles. The van der Waals surface area contributed by atoms with Gasteiger partial charge in [0, 0.05) is 0 Å². The minimum absolute atomic E-state index is 0.0868. The van der Waals surface area contributed by atoms with Crippen LogP contribution in [0.2, 0.25) is 0 Å². The van der Waals surface area contributed by atoms with E-state index in [0.717, 1.165) is 0 Å². The first-order valence-electron chi connectivity index (χ1n) is 2.45. The Bertz CT molecular complexity index is 156. The van der Waals surface area contributed by atoms with Crippen molar-refractivity contribution in [3.8, 4) is 0 Å². The Labute approximate surface area is 72.5 Å². The smallest absolute Gasteiger partial charge is 0.287 e. The molecular weight excluding hydrogens is 200 g/mol. The van der Waals surface area contributed by atoms with Crippen LogP contribution >= 0.6 is 34.8 Å². The predicted octanol–water partition coefficient (Wildman–Crippen LogP) is 1.45. The van der Waals surface area contributed by atoms with Gasteiger partial charge in [0.15, 0.2) is 0 Å². The second kappa shape index (κ2) is 2.41. The summed E-state index contributed by atoms with van der Waals surface area (Å²) < 4.78 is -1.86. The maximum absolute atomic E-state index is 9.28. The number of hydrogen-bond acceptors (Lipinski definition) is 3. The first kappa shape index (κ1) is 8.40. The van der Waals surface area contributed by atoms with E-state index < -0.39 is 9.58 Å². The molecule has 10 heavy (non-hydrogen) atoms. The zero-order valence-corrected chi connectivity index (χ0v) is 6.99. The highest BCUT2D eigenvalue weighted by atomic mass is 35.6. The Morgan fingerprint density at radius 3 is 2.40 bits per heavy atom. The number of halogens is 3. The van der Waals surface area contributed by atoms with Crippen LogP contribution in [-0.4, -0.2) is 20.9 Å². The normalized spacial score (nSPS) is 32.4. The third kappa shape index (κ3) is 1.32. The molecule has 0 aromatic heterocycles. The highest BCUT2D eigenvalue weighted by molar-refractivity contribution is 6.68. The van der Waals surface area contributed by atoms with E-state index in [4.69, 9.17) is 34.8 Å². The largest absolute Gasteiger partial charge is 0.356 e. The molecule has 0 saturated carbocycles. The van der Waals surface area contributed by atoms with Crippen molar-refractivity contribution in [2.75, 3.05) is 0 Å². The lowest BCUT2D eigenvalue weighted by molar-refractivity contribution is -0.181. The monoisotopic (exact) mass is 203 g/mol. The zero-order chi connectivity index (χ0) is 7.83. The summed E-state index contributed by atoms with van der Waals surface area (Å²) in [5.41, 5.74) is 0. The molecule has 0 spiro atoms. The van der Waals surface area contributed by atoms with Crippen molar-refractivity contribution in [2.24, 2.45) is 5.16 Å². The molecule has 0 aromatic rings. The summed E-state index contributed by atoms with van der Waals surface area (Å²) in [4.78, 5) is 4.43. The van der Waals surface area contributed by atoms with Gasteiger partial charge in [-0.15, -0.1) is 0 Å². The Kier molecular flexibility index (Phi) is 2.02. The molecule has 1 aliphatic heterocycles. The van der Waals surface area contributed by atoms with Crippen molar-refractivity contribution in [1.29, 1.82) is 0 Å². The Balaban J connectivity index is 2.71. The summed E-state index contributed by atoms with van der Waals surface area (Å²) in [6.07, 6.45) is 1.42. The van der Waals surface area contributed by atoms with E-state index in [1.54, 1.807) is 0 Å². The van der Waals surface area contributed by atoms with E-state index in [1.165, 1.54) is 6.21 Å². The van der Waals surface area contributed by atoms with Gasteiger partial charge in [-0.05, 0) is 0 Å². The van der Waals surface area contributed by atoms with Crippen LogP contribution in [0.25, 0.3) is 0 Å². The lowest BCUT2D eigenvalue weighted by Crippen LogP contribution is -2.42. The molecule has 1 heterocycles. The summed E-state index contributed by atoms with van der Waals surface area (Å²) in [5.74, 6) is -1.79. The molecule has 0 radical (unpaired) electrons. The van der Waals surface area contributed by atoms with Crippen LogP contribution < -0.4 is 0 Å². The SMILES string of the molecule is OC1(C(Cl)(Cl)Cl)CC=NO1. The topological polar surface area (TPSA) is 41.8 Å². The zero-order valence-electron chi connectivity index (χ0n) is 4.72. The number of aliphatic hydroxyl groups is 1. The third-order valence-corrected chi connectivity index (χ3v) is 1.98. The van der Waals surface area contributed by atoms with Gasteiger partial charge in [-0.25, -0.2) is 0 Å². The highest BCUT2D eigenvalue weighted by Gasteiger charge is 2.51. The van der Waals surface area contributed by atoms with Gasteiger partial charge >= 0.3 is 0 Å². The number of alkyl halides is 3. The molecule has 0 amide bonds. The first-order chi connectivity index (χ1) is 4.46. The molecule has 1 N–H and O–H groups in total. The van der Waals surface area contributed by atoms with E-state index in [2.05, 4.69) is 9.99 Å². The average Bonchev–Trinajstić information content (AvgIpc) is 2.13. The lowest BCUT2D eigenvalue weighted by Gasteiger charge is -2.26. The fourth-order valence-electron chi connectivity index (χ4n) is 0.490. The molecule has 1 atom stereocenters. The van der Waals surface area contributed by atoms with Crippen molar-refractivity contribution >= 4 is 41.0 Å². The second-order valence-corrected chi connectivity index (χ2v) is 4.15. The van der Waals surface area contributed by atoms with Crippen molar-refractivity contribution in [1.82, 2.24) is 0 Å². The van der Waals surface area contributed by atoms with Gasteiger partial charge < -0.3 is 9.94 Å². The quantitative estimate of drug-likeness (QED) is 0.607. The fourth-order valence-corrected chi connectivity index (χ4v) is 0.825. The Morgan fingerprint density at radius 2 is 2.20 bits per heavy atom. The van der Waals surface area contributed by atoms with E-state index in [1.807, 2.05) is 0 Å². The van der Waals surface area contributed by atoms with Crippen LogP contribution in [0, 0.1) is 0 Å². The van der Waals surface area contributed by atoms with Gasteiger partial charge in [0.25, 0.3) is 9.58 Å². The molecule has 1 unspecified atom stereocenters. The molecule has 58 valence electrons. The van der Waals surface area contributed by atoms with Gasteiger partial charge in [0.05, 0.1) is 12.6 Å². The minimum atomic E-state index is -1.86. The van der Waals surface area contributed by atoms with Crippen LogP contribution in [0.15, 0.2) is 5.16 Å². The molecule has 0 saturated heterocycles. The van der Waals surface area contributed by atoms with Crippen LogP contribution in [0.3, 0.4) is 0 Å². The van der Waals surface area contributed by atoms with Gasteiger partial charge in [-0.2, -0.15) is 0 Å². The summed E-state index contributed by atoms with van der Waals surface area (Å²) in [6, 6.07) is 0. The lowest BCUT2D eigenvalue weighted by atomic mass is 10.2. The predicted molar refractivity (Wildman–Crippen MR) is 39.4 cm³/mol. The van der Waals surface area contributed by atoms with E-state index in [0.29, 0.717) is 0 Å². The minimum Gasteiger partial charge on any atom is -0.356 e. The summed E-state index contributed by atoms with van der Waals surface area (Å²) in [7, 11) is 0. The standard InChI is InChI=1S/C4H4Cl3NO2/c5-4(6,7)3(9)1-2-8-10-3/h2,9H,1H2. The summed E-state index contributed by atoms with van der Waals surface area (Å²) >= 11 is 16.1. The number of rotatable bonds is 0. The van der Waals surface area contributed by atoms with Gasteiger partial charge in [-0.1, -0.05) is 40.0 Å². The van der Waals surface area contributed by atoms with E-state index in [9.17, 15) is 5.11 Å². The van der Waals surface area contributed by atoms with Gasteiger partial charge in [0.1, 0.15) is 0 Å². The Hall–Kier alpha value is 0.300. The number of oxime groups is 1. The molecule has 0 aromatic carbocycles. The van der Waals surface area contributed by atoms with Gasteiger partial charge in [0.2, 0.25) is 0 Å². The van der Waals surface area contributed by atoms with Crippen LogP contribution in [-0.2, 0) is 4.84 Å². The maximum atomic E-state index is 9.28. The van der Waals surface area contributed by atoms with Crippen molar-refractivity contribution in [2.45, 2.75) is 16.0 Å².